The van der Waals surface area contributed by atoms with E-state index in [0.29, 0.717) is 5.02 Å². The molecule has 2 amide bonds. The van der Waals surface area contributed by atoms with Gasteiger partial charge in [-0.3, -0.25) is 10.6 Å². The number of nitrogens with zero attached hydrogens (tertiary/aromatic N) is 3. The van der Waals surface area contributed by atoms with Crippen LogP contribution >= 0.6 is 22.9 Å². The highest BCUT2D eigenvalue weighted by molar-refractivity contribution is 7.15. The molecule has 0 saturated carbocycles. The molecule has 2 aromatic heterocycles. The summed E-state index contributed by atoms with van der Waals surface area (Å²) in [5.74, 6) is 0.187. The van der Waals surface area contributed by atoms with Crippen molar-refractivity contribution in [3.63, 3.8) is 0 Å². The molecule has 2 N–H and O–H groups in total. The Bertz CT molecular complexity index is 615. The molecule has 2 aromatic rings. The van der Waals surface area contributed by atoms with Crippen LogP contribution in [0.3, 0.4) is 0 Å². The van der Waals surface area contributed by atoms with Gasteiger partial charge in [0.2, 0.25) is 10.1 Å². The normalized spacial score (nSPS) is 11.2. The maximum atomic E-state index is 12.3. The maximum absolute atomic E-state index is 12.3. The monoisotopic (exact) mass is 323 g/mol. The number of nitrogens with one attached hydrogen (secondary N) is 2. The van der Waals surface area contributed by atoms with E-state index in [1.807, 2.05) is 0 Å². The molecule has 0 unspecified atom stereocenters. The van der Waals surface area contributed by atoms with Crippen LogP contribution in [0.4, 0.5) is 28.9 Å². The minimum absolute atomic E-state index is 0.187. The molecular weight excluding hydrogens is 319 g/mol. The van der Waals surface area contributed by atoms with Crippen molar-refractivity contribution in [3.05, 3.63) is 28.4 Å². The third kappa shape index (κ3) is 3.78. The molecule has 0 aromatic carbocycles. The molecule has 2 rings (SSSR count). The molecule has 11 heteroatoms. The number of carbonyl (C=O) groups excluding carboxylic acids is 1. The fourth-order valence-corrected chi connectivity index (χ4v) is 1.80. The Kier molecular flexibility index (Phi) is 4.04. The van der Waals surface area contributed by atoms with Crippen molar-refractivity contribution >= 4 is 39.9 Å². The number of carbonyl (C=O) groups is 1. The molecule has 2 heterocycles. The second-order valence-corrected chi connectivity index (χ2v) is 4.76. The molecule has 0 bridgehead atoms. The number of urea groups is 1. The van der Waals surface area contributed by atoms with Crippen molar-refractivity contribution < 1.29 is 18.0 Å². The molecule has 0 aliphatic heterocycles. The van der Waals surface area contributed by atoms with Crippen LogP contribution in [0.1, 0.15) is 5.01 Å². The zero-order valence-electron chi connectivity index (χ0n) is 9.40. The van der Waals surface area contributed by atoms with Gasteiger partial charge in [0, 0.05) is 6.20 Å². The van der Waals surface area contributed by atoms with Crippen LogP contribution in [-0.4, -0.2) is 21.2 Å². The standard InChI is InChI=1S/C9H5ClF3N5OS/c10-4-1-2-5(14-3-4)15-7(19)16-8-18-17-6(20-8)9(11,12)13/h1-3H,(H2,14,15,16,18,19). The van der Waals surface area contributed by atoms with Gasteiger partial charge in [-0.1, -0.05) is 22.9 Å². The maximum Gasteiger partial charge on any atom is 0.445 e. The average Bonchev–Trinajstić information content (AvgIpc) is 2.80. The summed E-state index contributed by atoms with van der Waals surface area (Å²) >= 11 is 5.83. The lowest BCUT2D eigenvalue weighted by Gasteiger charge is -2.03. The first kappa shape index (κ1) is 14.5. The summed E-state index contributed by atoms with van der Waals surface area (Å²) in [6, 6.07) is 2.14. The summed E-state index contributed by atoms with van der Waals surface area (Å²) < 4.78 is 36.8. The first-order chi connectivity index (χ1) is 9.34. The second-order valence-electron chi connectivity index (χ2n) is 3.35. The van der Waals surface area contributed by atoms with Crippen molar-refractivity contribution in [1.29, 1.82) is 0 Å². The highest BCUT2D eigenvalue weighted by Crippen LogP contribution is 2.32. The summed E-state index contributed by atoms with van der Waals surface area (Å²) in [5, 5.41) is 9.53. The Morgan fingerprint density at radius 1 is 1.25 bits per heavy atom. The van der Waals surface area contributed by atoms with E-state index in [-0.39, 0.29) is 22.3 Å². The van der Waals surface area contributed by atoms with Crippen LogP contribution in [0.15, 0.2) is 18.3 Å². The molecule has 0 aliphatic carbocycles. The van der Waals surface area contributed by atoms with Gasteiger partial charge >= 0.3 is 12.2 Å². The average molecular weight is 324 g/mol. The fraction of sp³-hybridized carbons (Fsp3) is 0.111. The third-order valence-electron chi connectivity index (χ3n) is 1.86. The van der Waals surface area contributed by atoms with Crippen molar-refractivity contribution in [2.45, 2.75) is 6.18 Å². The van der Waals surface area contributed by atoms with Gasteiger partial charge in [0.25, 0.3) is 0 Å². The summed E-state index contributed by atoms with van der Waals surface area (Å²) in [4.78, 5) is 15.3. The van der Waals surface area contributed by atoms with Gasteiger partial charge in [-0.25, -0.2) is 9.78 Å². The number of rotatable bonds is 2. The molecule has 0 aliphatic rings. The number of anilines is 2. The highest BCUT2D eigenvalue weighted by atomic mass is 35.5. The first-order valence-corrected chi connectivity index (χ1v) is 6.14. The van der Waals surface area contributed by atoms with E-state index in [4.69, 9.17) is 11.6 Å². The minimum Gasteiger partial charge on any atom is -0.292 e. The Morgan fingerprint density at radius 3 is 2.55 bits per heavy atom. The van der Waals surface area contributed by atoms with E-state index in [2.05, 4.69) is 25.8 Å². The van der Waals surface area contributed by atoms with E-state index >= 15 is 0 Å². The van der Waals surface area contributed by atoms with Gasteiger partial charge in [-0.15, -0.1) is 10.2 Å². The number of aromatic nitrogens is 3. The number of hydrogen-bond acceptors (Lipinski definition) is 5. The van der Waals surface area contributed by atoms with Crippen molar-refractivity contribution in [3.8, 4) is 0 Å². The third-order valence-corrected chi connectivity index (χ3v) is 2.96. The molecule has 106 valence electrons. The lowest BCUT2D eigenvalue weighted by Crippen LogP contribution is -2.19. The van der Waals surface area contributed by atoms with Gasteiger partial charge in [0.15, 0.2) is 0 Å². The van der Waals surface area contributed by atoms with E-state index in [1.54, 1.807) is 0 Å². The molecular formula is C9H5ClF3N5OS. The SMILES string of the molecule is O=C(Nc1ccc(Cl)cn1)Nc1nnc(C(F)(F)F)s1. The lowest BCUT2D eigenvalue weighted by molar-refractivity contribution is -0.138. The summed E-state index contributed by atoms with van der Waals surface area (Å²) in [6.07, 6.45) is -3.28. The van der Waals surface area contributed by atoms with Crippen molar-refractivity contribution in [2.75, 3.05) is 10.6 Å². The Labute approximate surface area is 119 Å². The number of pyridine rings is 1. The molecule has 0 atom stereocenters. The smallest absolute Gasteiger partial charge is 0.292 e. The zero-order chi connectivity index (χ0) is 14.8. The van der Waals surface area contributed by atoms with Crippen LogP contribution in [0.25, 0.3) is 0 Å². The highest BCUT2D eigenvalue weighted by Gasteiger charge is 2.35. The van der Waals surface area contributed by atoms with Gasteiger partial charge < -0.3 is 0 Å². The summed E-state index contributed by atoms with van der Waals surface area (Å²) in [6.45, 7) is 0. The Hall–Kier alpha value is -1.94. The van der Waals surface area contributed by atoms with Crippen LogP contribution in [0.2, 0.25) is 5.02 Å². The van der Waals surface area contributed by atoms with Gasteiger partial charge in [0.05, 0.1) is 5.02 Å². The van der Waals surface area contributed by atoms with Crippen molar-refractivity contribution in [1.82, 2.24) is 15.2 Å². The first-order valence-electron chi connectivity index (χ1n) is 4.95. The predicted molar refractivity (Wildman–Crippen MR) is 66.8 cm³/mol. The van der Waals surface area contributed by atoms with Crippen LogP contribution in [0, 0.1) is 0 Å². The molecule has 0 saturated heterocycles. The topological polar surface area (TPSA) is 79.8 Å². The van der Waals surface area contributed by atoms with Crippen LogP contribution < -0.4 is 10.6 Å². The van der Waals surface area contributed by atoms with E-state index in [9.17, 15) is 18.0 Å². The largest absolute Gasteiger partial charge is 0.445 e. The molecule has 0 fully saturated rings. The predicted octanol–water partition coefficient (Wildman–Crippen LogP) is 3.25. The Balaban J connectivity index is 1.98. The number of amides is 2. The quantitative estimate of drug-likeness (QED) is 0.889. The van der Waals surface area contributed by atoms with Crippen molar-refractivity contribution in [2.24, 2.45) is 0 Å². The summed E-state index contributed by atoms with van der Waals surface area (Å²) in [5.41, 5.74) is 0. The molecule has 6 nitrogen and oxygen atoms in total. The summed E-state index contributed by atoms with van der Waals surface area (Å²) in [7, 11) is 0. The van der Waals surface area contributed by atoms with E-state index in [1.165, 1.54) is 18.3 Å². The lowest BCUT2D eigenvalue weighted by atomic mass is 10.4. The number of alkyl halides is 3. The second kappa shape index (κ2) is 5.59. The zero-order valence-corrected chi connectivity index (χ0v) is 11.0. The van der Waals surface area contributed by atoms with Gasteiger partial charge in [0.1, 0.15) is 5.82 Å². The molecule has 0 radical (unpaired) electrons. The van der Waals surface area contributed by atoms with Gasteiger partial charge in [-0.2, -0.15) is 13.2 Å². The fourth-order valence-electron chi connectivity index (χ4n) is 1.08. The van der Waals surface area contributed by atoms with Gasteiger partial charge in [-0.05, 0) is 12.1 Å². The minimum atomic E-state index is -4.59. The van der Waals surface area contributed by atoms with Crippen LogP contribution in [0.5, 0.6) is 0 Å². The Morgan fingerprint density at radius 2 is 2.00 bits per heavy atom. The number of hydrogen-bond donors (Lipinski definition) is 2. The molecule has 0 spiro atoms. The van der Waals surface area contributed by atoms with E-state index < -0.39 is 17.2 Å². The van der Waals surface area contributed by atoms with Crippen LogP contribution in [-0.2, 0) is 6.18 Å². The molecule has 20 heavy (non-hydrogen) atoms. The van der Waals surface area contributed by atoms with E-state index in [0.717, 1.165) is 0 Å². The number of halogens is 4.